The monoisotopic (exact) mass is 265 g/mol. The molecule has 110 valence electrons. The van der Waals surface area contributed by atoms with Crippen molar-refractivity contribution in [1.29, 1.82) is 5.26 Å². The van der Waals surface area contributed by atoms with Gasteiger partial charge in [0, 0.05) is 6.04 Å². The van der Waals surface area contributed by atoms with Crippen LogP contribution in [0.2, 0.25) is 0 Å². The summed E-state index contributed by atoms with van der Waals surface area (Å²) in [5.41, 5.74) is 5.94. The number of nitrogens with two attached hydrogens (primary N) is 1. The van der Waals surface area contributed by atoms with Crippen molar-refractivity contribution in [2.75, 3.05) is 13.6 Å². The van der Waals surface area contributed by atoms with E-state index in [0.717, 1.165) is 31.8 Å². The molecule has 0 aromatic carbocycles. The maximum atomic E-state index is 9.07. The Labute approximate surface area is 119 Å². The number of hydrogen-bond donors (Lipinski definition) is 1. The van der Waals surface area contributed by atoms with E-state index in [4.69, 9.17) is 11.0 Å². The van der Waals surface area contributed by atoms with Gasteiger partial charge in [0.05, 0.1) is 6.07 Å². The van der Waals surface area contributed by atoms with Gasteiger partial charge in [0.15, 0.2) is 0 Å². The molecule has 0 aliphatic heterocycles. The van der Waals surface area contributed by atoms with Crippen molar-refractivity contribution in [2.45, 2.75) is 77.3 Å². The molecule has 3 heteroatoms. The largest absolute Gasteiger partial charge is 0.313 e. The number of nitriles is 1. The van der Waals surface area contributed by atoms with E-state index in [1.54, 1.807) is 0 Å². The van der Waals surface area contributed by atoms with Crippen LogP contribution >= 0.6 is 0 Å². The number of rotatable bonds is 6. The Morgan fingerprint density at radius 2 is 1.95 bits per heavy atom. The van der Waals surface area contributed by atoms with Crippen LogP contribution in [0.1, 0.15) is 65.7 Å². The molecular formula is C16H31N3. The molecular weight excluding hydrogens is 234 g/mol. The third-order valence-electron chi connectivity index (χ3n) is 4.92. The molecule has 0 bridgehead atoms. The van der Waals surface area contributed by atoms with Crippen LogP contribution < -0.4 is 5.73 Å². The van der Waals surface area contributed by atoms with E-state index >= 15 is 0 Å². The second-order valence-electron chi connectivity index (χ2n) is 7.10. The fraction of sp³-hybridized carbons (Fsp3) is 0.938. The van der Waals surface area contributed by atoms with E-state index in [-0.39, 0.29) is 0 Å². The Morgan fingerprint density at radius 3 is 2.42 bits per heavy atom. The Balaban J connectivity index is 2.29. The SMILES string of the molecule is CCC(N)(C#N)CCCN(C)C1CCC(C)(C)CC1. The minimum Gasteiger partial charge on any atom is -0.313 e. The number of nitrogens with zero attached hydrogens (tertiary/aromatic N) is 2. The van der Waals surface area contributed by atoms with Crippen molar-refractivity contribution in [3.63, 3.8) is 0 Å². The Kier molecular flexibility index (Phi) is 5.82. The summed E-state index contributed by atoms with van der Waals surface area (Å²) in [5.74, 6) is 0. The predicted octanol–water partition coefficient (Wildman–Crippen LogP) is 3.30. The first-order valence-electron chi connectivity index (χ1n) is 7.72. The molecule has 0 amide bonds. The second-order valence-corrected chi connectivity index (χ2v) is 7.10. The molecule has 1 aliphatic rings. The van der Waals surface area contributed by atoms with Crippen LogP contribution in [-0.2, 0) is 0 Å². The molecule has 0 heterocycles. The molecule has 1 rings (SSSR count). The topological polar surface area (TPSA) is 53.1 Å². The molecule has 1 unspecified atom stereocenters. The smallest absolute Gasteiger partial charge is 0.104 e. The number of hydrogen-bond acceptors (Lipinski definition) is 3. The first-order chi connectivity index (χ1) is 8.82. The first kappa shape index (κ1) is 16.5. The summed E-state index contributed by atoms with van der Waals surface area (Å²) in [7, 11) is 2.22. The normalized spacial score (nSPS) is 23.0. The van der Waals surface area contributed by atoms with Gasteiger partial charge in [-0.3, -0.25) is 0 Å². The Morgan fingerprint density at radius 1 is 1.37 bits per heavy atom. The van der Waals surface area contributed by atoms with Crippen LogP contribution in [0, 0.1) is 16.7 Å². The molecule has 0 aromatic rings. The highest BCUT2D eigenvalue weighted by molar-refractivity contribution is 5.03. The summed E-state index contributed by atoms with van der Waals surface area (Å²) in [6.07, 6.45) is 7.85. The Hall–Kier alpha value is -0.590. The quantitative estimate of drug-likeness (QED) is 0.801. The lowest BCUT2D eigenvalue weighted by molar-refractivity contribution is 0.125. The zero-order valence-corrected chi connectivity index (χ0v) is 13.2. The van der Waals surface area contributed by atoms with Gasteiger partial charge in [-0.25, -0.2) is 0 Å². The van der Waals surface area contributed by atoms with Crippen molar-refractivity contribution in [2.24, 2.45) is 11.1 Å². The lowest BCUT2D eigenvalue weighted by Crippen LogP contribution is -2.40. The van der Waals surface area contributed by atoms with Crippen molar-refractivity contribution >= 4 is 0 Å². The van der Waals surface area contributed by atoms with Gasteiger partial charge in [-0.15, -0.1) is 0 Å². The van der Waals surface area contributed by atoms with Crippen LogP contribution in [0.5, 0.6) is 0 Å². The van der Waals surface area contributed by atoms with Gasteiger partial charge in [-0.05, 0) is 64.0 Å². The molecule has 1 fully saturated rings. The summed E-state index contributed by atoms with van der Waals surface area (Å²) < 4.78 is 0. The predicted molar refractivity (Wildman–Crippen MR) is 80.7 cm³/mol. The van der Waals surface area contributed by atoms with Crippen molar-refractivity contribution in [3.8, 4) is 6.07 Å². The molecule has 0 radical (unpaired) electrons. The first-order valence-corrected chi connectivity index (χ1v) is 7.72. The van der Waals surface area contributed by atoms with Crippen LogP contribution in [0.25, 0.3) is 0 Å². The van der Waals surface area contributed by atoms with Crippen molar-refractivity contribution in [1.82, 2.24) is 4.90 Å². The third-order valence-corrected chi connectivity index (χ3v) is 4.92. The highest BCUT2D eigenvalue weighted by Gasteiger charge is 2.29. The molecule has 1 aliphatic carbocycles. The molecule has 0 aromatic heterocycles. The molecule has 2 N–H and O–H groups in total. The minimum atomic E-state index is -0.616. The lowest BCUT2D eigenvalue weighted by atomic mass is 9.75. The van der Waals surface area contributed by atoms with Gasteiger partial charge >= 0.3 is 0 Å². The molecule has 3 nitrogen and oxygen atoms in total. The minimum absolute atomic E-state index is 0.534. The summed E-state index contributed by atoms with van der Waals surface area (Å²) >= 11 is 0. The van der Waals surface area contributed by atoms with Crippen LogP contribution in [-0.4, -0.2) is 30.1 Å². The molecule has 0 spiro atoms. The van der Waals surface area contributed by atoms with Gasteiger partial charge < -0.3 is 10.6 Å². The summed E-state index contributed by atoms with van der Waals surface area (Å²) in [6, 6.07) is 2.98. The average molecular weight is 265 g/mol. The van der Waals surface area contributed by atoms with E-state index in [0.29, 0.717) is 5.41 Å². The molecule has 1 atom stereocenters. The lowest BCUT2D eigenvalue weighted by Gasteiger charge is -2.38. The van der Waals surface area contributed by atoms with Gasteiger partial charge in [-0.2, -0.15) is 5.26 Å². The highest BCUT2D eigenvalue weighted by Crippen LogP contribution is 2.36. The molecule has 0 saturated heterocycles. The van der Waals surface area contributed by atoms with E-state index in [1.165, 1.54) is 25.7 Å². The maximum Gasteiger partial charge on any atom is 0.104 e. The third kappa shape index (κ3) is 5.12. The second kappa shape index (κ2) is 6.72. The zero-order valence-electron chi connectivity index (χ0n) is 13.2. The average Bonchev–Trinajstić information content (AvgIpc) is 2.38. The summed E-state index contributed by atoms with van der Waals surface area (Å²) in [6.45, 7) is 7.81. The highest BCUT2D eigenvalue weighted by atomic mass is 15.1. The summed E-state index contributed by atoms with van der Waals surface area (Å²) in [5, 5.41) is 9.07. The standard InChI is InChI=1S/C16H31N3/c1-5-16(18,13-17)9-6-12-19(4)14-7-10-15(2,3)11-8-14/h14H,5-12,18H2,1-4H3. The Bertz CT molecular complexity index is 308. The van der Waals surface area contributed by atoms with E-state index in [9.17, 15) is 0 Å². The maximum absolute atomic E-state index is 9.07. The zero-order chi connectivity index (χ0) is 14.5. The van der Waals surface area contributed by atoms with E-state index in [2.05, 4.69) is 31.9 Å². The fourth-order valence-electron chi connectivity index (χ4n) is 2.96. The van der Waals surface area contributed by atoms with Gasteiger partial charge in [0.25, 0.3) is 0 Å². The van der Waals surface area contributed by atoms with Crippen LogP contribution in [0.15, 0.2) is 0 Å². The van der Waals surface area contributed by atoms with Gasteiger partial charge in [-0.1, -0.05) is 20.8 Å². The van der Waals surface area contributed by atoms with E-state index < -0.39 is 5.54 Å². The molecule has 1 saturated carbocycles. The van der Waals surface area contributed by atoms with E-state index in [1.807, 2.05) is 6.92 Å². The fourth-order valence-corrected chi connectivity index (χ4v) is 2.96. The van der Waals surface area contributed by atoms with Gasteiger partial charge in [0.1, 0.15) is 5.54 Å². The molecule has 19 heavy (non-hydrogen) atoms. The van der Waals surface area contributed by atoms with Gasteiger partial charge in [0.2, 0.25) is 0 Å². The van der Waals surface area contributed by atoms with Crippen LogP contribution in [0.4, 0.5) is 0 Å². The summed E-state index contributed by atoms with van der Waals surface area (Å²) in [4.78, 5) is 2.47. The van der Waals surface area contributed by atoms with Crippen LogP contribution in [0.3, 0.4) is 0 Å². The van der Waals surface area contributed by atoms with Crippen molar-refractivity contribution < 1.29 is 0 Å². The van der Waals surface area contributed by atoms with Crippen molar-refractivity contribution in [3.05, 3.63) is 0 Å².